The fourth-order valence-corrected chi connectivity index (χ4v) is 2.78. The number of nitrogens with zero attached hydrogens (tertiary/aromatic N) is 1. The third-order valence-electron chi connectivity index (χ3n) is 4.12. The summed E-state index contributed by atoms with van der Waals surface area (Å²) in [7, 11) is 0. The van der Waals surface area contributed by atoms with E-state index in [9.17, 15) is 0 Å². The standard InChI is InChI=1S/C22H19Cl2NO/c1-15-3-9-20(11-16(15)2)25-13-18-6-10-22(21(24)12-18)26-14-17-4-7-19(23)8-5-17/h3-13H,14H2,1-2H3. The Morgan fingerprint density at radius 1 is 0.885 bits per heavy atom. The van der Waals surface area contributed by atoms with Crippen LogP contribution >= 0.6 is 23.2 Å². The molecule has 0 fully saturated rings. The molecule has 2 nitrogen and oxygen atoms in total. The molecule has 0 heterocycles. The van der Waals surface area contributed by atoms with Gasteiger partial charge >= 0.3 is 0 Å². The van der Waals surface area contributed by atoms with Crippen LogP contribution in [0.4, 0.5) is 5.69 Å². The zero-order valence-corrected chi connectivity index (χ0v) is 16.2. The molecular weight excluding hydrogens is 365 g/mol. The molecule has 4 heteroatoms. The van der Waals surface area contributed by atoms with Crippen molar-refractivity contribution in [3.8, 4) is 5.75 Å². The topological polar surface area (TPSA) is 21.6 Å². The van der Waals surface area contributed by atoms with E-state index in [-0.39, 0.29) is 0 Å². The molecule has 132 valence electrons. The van der Waals surface area contributed by atoms with E-state index in [4.69, 9.17) is 27.9 Å². The first-order chi connectivity index (χ1) is 12.5. The Morgan fingerprint density at radius 2 is 1.65 bits per heavy atom. The molecule has 3 aromatic rings. The number of hydrogen-bond acceptors (Lipinski definition) is 2. The first-order valence-electron chi connectivity index (χ1n) is 8.29. The lowest BCUT2D eigenvalue weighted by Gasteiger charge is -2.09. The van der Waals surface area contributed by atoms with Crippen molar-refractivity contribution in [1.82, 2.24) is 0 Å². The Labute approximate surface area is 164 Å². The van der Waals surface area contributed by atoms with E-state index in [0.29, 0.717) is 22.4 Å². The van der Waals surface area contributed by atoms with Crippen molar-refractivity contribution < 1.29 is 4.74 Å². The molecular formula is C22H19Cl2NO. The smallest absolute Gasteiger partial charge is 0.138 e. The second-order valence-electron chi connectivity index (χ2n) is 6.13. The second-order valence-corrected chi connectivity index (χ2v) is 6.98. The summed E-state index contributed by atoms with van der Waals surface area (Å²) in [4.78, 5) is 4.51. The summed E-state index contributed by atoms with van der Waals surface area (Å²) in [5.74, 6) is 0.643. The van der Waals surface area contributed by atoms with Gasteiger partial charge in [-0.25, -0.2) is 0 Å². The van der Waals surface area contributed by atoms with Crippen LogP contribution in [-0.2, 0) is 6.61 Å². The SMILES string of the molecule is Cc1ccc(N=Cc2ccc(OCc3ccc(Cl)cc3)c(Cl)c2)cc1C. The maximum Gasteiger partial charge on any atom is 0.138 e. The van der Waals surface area contributed by atoms with Crippen molar-refractivity contribution in [3.05, 3.63) is 93.0 Å². The van der Waals surface area contributed by atoms with Crippen LogP contribution in [-0.4, -0.2) is 6.21 Å². The molecule has 0 aliphatic heterocycles. The van der Waals surface area contributed by atoms with Gasteiger partial charge in [-0.1, -0.05) is 41.4 Å². The predicted molar refractivity (Wildman–Crippen MR) is 110 cm³/mol. The van der Waals surface area contributed by atoms with E-state index in [1.807, 2.05) is 48.5 Å². The van der Waals surface area contributed by atoms with Crippen LogP contribution in [0.3, 0.4) is 0 Å². The van der Waals surface area contributed by atoms with E-state index in [1.165, 1.54) is 11.1 Å². The number of rotatable bonds is 5. The largest absolute Gasteiger partial charge is 0.487 e. The zero-order valence-electron chi connectivity index (χ0n) is 14.7. The van der Waals surface area contributed by atoms with Gasteiger partial charge in [-0.2, -0.15) is 0 Å². The second kappa shape index (κ2) is 8.39. The highest BCUT2D eigenvalue weighted by Gasteiger charge is 2.03. The molecule has 0 atom stereocenters. The highest BCUT2D eigenvalue weighted by Crippen LogP contribution is 2.26. The summed E-state index contributed by atoms with van der Waals surface area (Å²) in [6, 6.07) is 19.3. The average Bonchev–Trinajstić information content (AvgIpc) is 2.63. The van der Waals surface area contributed by atoms with Gasteiger partial charge in [0.25, 0.3) is 0 Å². The lowest BCUT2D eigenvalue weighted by Crippen LogP contribution is -1.96. The number of aryl methyl sites for hydroxylation is 2. The first-order valence-corrected chi connectivity index (χ1v) is 9.05. The van der Waals surface area contributed by atoms with E-state index in [1.54, 1.807) is 6.21 Å². The number of hydrogen-bond donors (Lipinski definition) is 0. The van der Waals surface area contributed by atoms with Crippen LogP contribution < -0.4 is 4.74 Å². The minimum absolute atomic E-state index is 0.437. The summed E-state index contributed by atoms with van der Waals surface area (Å²) in [5.41, 5.74) is 5.36. The molecule has 0 aliphatic rings. The van der Waals surface area contributed by atoms with Crippen molar-refractivity contribution in [2.24, 2.45) is 4.99 Å². The normalized spacial score (nSPS) is 11.1. The zero-order chi connectivity index (χ0) is 18.5. The molecule has 0 radical (unpaired) electrons. The van der Waals surface area contributed by atoms with Gasteiger partial charge in [-0.3, -0.25) is 4.99 Å². The average molecular weight is 384 g/mol. The molecule has 0 aliphatic carbocycles. The molecule has 0 spiro atoms. The van der Waals surface area contributed by atoms with Gasteiger partial charge in [0.05, 0.1) is 10.7 Å². The van der Waals surface area contributed by atoms with E-state index in [2.05, 4.69) is 31.0 Å². The lowest BCUT2D eigenvalue weighted by atomic mass is 10.1. The molecule has 0 aromatic heterocycles. The summed E-state index contributed by atoms with van der Waals surface area (Å²) >= 11 is 12.2. The van der Waals surface area contributed by atoms with Crippen molar-refractivity contribution >= 4 is 35.1 Å². The Bertz CT molecular complexity index is 933. The number of benzene rings is 3. The summed E-state index contributed by atoms with van der Waals surface area (Å²) in [6.07, 6.45) is 1.80. The van der Waals surface area contributed by atoms with Gasteiger partial charge in [0.15, 0.2) is 0 Å². The van der Waals surface area contributed by atoms with Crippen molar-refractivity contribution in [3.63, 3.8) is 0 Å². The van der Waals surface area contributed by atoms with Gasteiger partial charge in [-0.05, 0) is 78.6 Å². The summed E-state index contributed by atoms with van der Waals surface area (Å²) in [5, 5.41) is 1.27. The number of aliphatic imine (C=N–C) groups is 1. The van der Waals surface area contributed by atoms with Crippen LogP contribution in [0.25, 0.3) is 0 Å². The van der Waals surface area contributed by atoms with Crippen LogP contribution in [0.1, 0.15) is 22.3 Å². The van der Waals surface area contributed by atoms with Crippen LogP contribution in [0.5, 0.6) is 5.75 Å². The maximum atomic E-state index is 6.34. The molecule has 3 rings (SSSR count). The Kier molecular flexibility index (Phi) is 5.97. The van der Waals surface area contributed by atoms with Crippen LogP contribution in [0, 0.1) is 13.8 Å². The molecule has 0 amide bonds. The third kappa shape index (κ3) is 4.87. The molecule has 0 bridgehead atoms. The van der Waals surface area contributed by atoms with E-state index < -0.39 is 0 Å². The molecule has 0 saturated carbocycles. The Hall–Kier alpha value is -2.29. The highest BCUT2D eigenvalue weighted by molar-refractivity contribution is 6.32. The van der Waals surface area contributed by atoms with Gasteiger partial charge in [0, 0.05) is 11.2 Å². The molecule has 0 unspecified atom stereocenters. The van der Waals surface area contributed by atoms with Gasteiger partial charge in [0.2, 0.25) is 0 Å². The Balaban J connectivity index is 1.67. The van der Waals surface area contributed by atoms with Gasteiger partial charge < -0.3 is 4.74 Å². The van der Waals surface area contributed by atoms with Crippen LogP contribution in [0.2, 0.25) is 10.0 Å². The summed E-state index contributed by atoms with van der Waals surface area (Å²) in [6.45, 7) is 4.61. The van der Waals surface area contributed by atoms with E-state index in [0.717, 1.165) is 16.8 Å². The van der Waals surface area contributed by atoms with E-state index >= 15 is 0 Å². The fraction of sp³-hybridized carbons (Fsp3) is 0.136. The third-order valence-corrected chi connectivity index (χ3v) is 4.66. The Morgan fingerprint density at radius 3 is 2.35 bits per heavy atom. The monoisotopic (exact) mass is 383 g/mol. The number of halogens is 2. The summed E-state index contributed by atoms with van der Waals surface area (Å²) < 4.78 is 5.79. The molecule has 0 N–H and O–H groups in total. The van der Waals surface area contributed by atoms with Gasteiger partial charge in [0.1, 0.15) is 12.4 Å². The molecule has 3 aromatic carbocycles. The number of ether oxygens (including phenoxy) is 1. The first kappa shape index (κ1) is 18.5. The minimum Gasteiger partial charge on any atom is -0.487 e. The van der Waals surface area contributed by atoms with Crippen molar-refractivity contribution in [1.29, 1.82) is 0 Å². The quantitative estimate of drug-likeness (QED) is 0.437. The van der Waals surface area contributed by atoms with Crippen molar-refractivity contribution in [2.75, 3.05) is 0 Å². The van der Waals surface area contributed by atoms with Crippen molar-refractivity contribution in [2.45, 2.75) is 20.5 Å². The highest BCUT2D eigenvalue weighted by atomic mass is 35.5. The molecule has 0 saturated heterocycles. The predicted octanol–water partition coefficient (Wildman–Crippen LogP) is 6.94. The maximum absolute atomic E-state index is 6.34. The fourth-order valence-electron chi connectivity index (χ4n) is 2.41. The van der Waals surface area contributed by atoms with Gasteiger partial charge in [-0.15, -0.1) is 0 Å². The lowest BCUT2D eigenvalue weighted by molar-refractivity contribution is 0.306. The minimum atomic E-state index is 0.437. The molecule has 26 heavy (non-hydrogen) atoms. The van der Waals surface area contributed by atoms with Crippen LogP contribution in [0.15, 0.2) is 65.7 Å².